The molecule has 1 rings (SSSR count). The summed E-state index contributed by atoms with van der Waals surface area (Å²) in [6.07, 6.45) is 0. The molecule has 0 aromatic heterocycles. The predicted octanol–water partition coefficient (Wildman–Crippen LogP) is 3.21. The van der Waals surface area contributed by atoms with Crippen LogP contribution in [-0.4, -0.2) is 42.8 Å². The summed E-state index contributed by atoms with van der Waals surface area (Å²) < 4.78 is 0.814. The van der Waals surface area contributed by atoms with E-state index >= 15 is 0 Å². The average Bonchev–Trinajstić information content (AvgIpc) is 2.00. The SMILES string of the molecule is Cc1ccc(C(C)C)c(O)c1Br.[Ca]. The molecular weight excluding hydrogens is 256 g/mol. The zero-order chi connectivity index (χ0) is 9.30. The Labute approximate surface area is 118 Å². The molecule has 68 valence electrons. The maximum absolute atomic E-state index is 9.70. The van der Waals surface area contributed by atoms with Crippen LogP contribution >= 0.6 is 15.9 Å². The molecule has 0 saturated heterocycles. The Balaban J connectivity index is 0.00000144. The van der Waals surface area contributed by atoms with E-state index in [-0.39, 0.29) is 37.7 Å². The Kier molecular flexibility index (Phi) is 5.92. The molecule has 0 atom stereocenters. The number of hydrogen-bond donors (Lipinski definition) is 1. The number of rotatable bonds is 1. The number of aromatic hydroxyl groups is 1. The van der Waals surface area contributed by atoms with Crippen molar-refractivity contribution in [3.05, 3.63) is 27.7 Å². The Morgan fingerprint density at radius 3 is 2.31 bits per heavy atom. The van der Waals surface area contributed by atoms with Gasteiger partial charge < -0.3 is 5.11 Å². The summed E-state index contributed by atoms with van der Waals surface area (Å²) in [5.41, 5.74) is 2.06. The summed E-state index contributed by atoms with van der Waals surface area (Å²) in [6.45, 7) is 6.10. The molecule has 0 saturated carbocycles. The van der Waals surface area contributed by atoms with Gasteiger partial charge in [-0.15, -0.1) is 0 Å². The number of benzene rings is 1. The van der Waals surface area contributed by atoms with Gasteiger partial charge in [-0.2, -0.15) is 0 Å². The van der Waals surface area contributed by atoms with Crippen molar-refractivity contribution in [1.82, 2.24) is 0 Å². The van der Waals surface area contributed by atoms with Gasteiger partial charge in [0.15, 0.2) is 0 Å². The van der Waals surface area contributed by atoms with Gasteiger partial charge in [0.2, 0.25) is 0 Å². The van der Waals surface area contributed by atoms with Crippen LogP contribution in [0.15, 0.2) is 16.6 Å². The summed E-state index contributed by atoms with van der Waals surface area (Å²) in [5.74, 6) is 0.742. The third-order valence-corrected chi connectivity index (χ3v) is 2.96. The van der Waals surface area contributed by atoms with E-state index in [1.165, 1.54) is 0 Å². The van der Waals surface area contributed by atoms with Crippen molar-refractivity contribution >= 4 is 53.7 Å². The van der Waals surface area contributed by atoms with Crippen molar-refractivity contribution in [2.24, 2.45) is 0 Å². The zero-order valence-electron chi connectivity index (χ0n) is 8.26. The van der Waals surface area contributed by atoms with Gasteiger partial charge in [-0.05, 0) is 39.9 Å². The first-order valence-electron chi connectivity index (χ1n) is 4.02. The normalized spacial score (nSPS) is 9.92. The quantitative estimate of drug-likeness (QED) is 0.776. The van der Waals surface area contributed by atoms with Gasteiger partial charge in [0, 0.05) is 37.7 Å². The van der Waals surface area contributed by atoms with Crippen molar-refractivity contribution in [3.63, 3.8) is 0 Å². The van der Waals surface area contributed by atoms with E-state index in [0.717, 1.165) is 15.6 Å². The van der Waals surface area contributed by atoms with Crippen LogP contribution in [0.2, 0.25) is 0 Å². The van der Waals surface area contributed by atoms with E-state index < -0.39 is 0 Å². The van der Waals surface area contributed by atoms with Crippen molar-refractivity contribution in [2.45, 2.75) is 26.7 Å². The Morgan fingerprint density at radius 1 is 1.31 bits per heavy atom. The molecule has 3 heteroatoms. The van der Waals surface area contributed by atoms with Crippen molar-refractivity contribution in [3.8, 4) is 5.75 Å². The van der Waals surface area contributed by atoms with Crippen LogP contribution in [0.5, 0.6) is 5.75 Å². The first kappa shape index (κ1) is 13.8. The molecule has 0 fully saturated rings. The first-order valence-corrected chi connectivity index (χ1v) is 4.81. The molecule has 0 aliphatic rings. The number of phenolic OH excluding ortho intramolecular Hbond substituents is 1. The molecule has 0 aliphatic heterocycles. The van der Waals surface area contributed by atoms with E-state index in [1.807, 2.05) is 19.1 Å². The Hall–Kier alpha value is 0.760. The molecule has 0 bridgehead atoms. The molecular formula is C10H13BrCaO. The fourth-order valence-electron chi connectivity index (χ4n) is 1.15. The molecule has 0 heterocycles. The summed E-state index contributed by atoms with van der Waals surface area (Å²) in [5, 5.41) is 9.70. The maximum Gasteiger partial charge on any atom is 0.133 e. The van der Waals surface area contributed by atoms with E-state index in [9.17, 15) is 5.11 Å². The van der Waals surface area contributed by atoms with Crippen LogP contribution in [0.3, 0.4) is 0 Å². The van der Waals surface area contributed by atoms with E-state index in [4.69, 9.17) is 0 Å². The molecule has 13 heavy (non-hydrogen) atoms. The first-order chi connectivity index (χ1) is 5.54. The smallest absolute Gasteiger partial charge is 0.133 e. The topological polar surface area (TPSA) is 20.2 Å². The fourth-order valence-corrected chi connectivity index (χ4v) is 1.51. The van der Waals surface area contributed by atoms with Crippen molar-refractivity contribution < 1.29 is 5.11 Å². The molecule has 1 aromatic rings. The van der Waals surface area contributed by atoms with E-state index in [2.05, 4.69) is 29.8 Å². The van der Waals surface area contributed by atoms with Gasteiger partial charge in [0.1, 0.15) is 5.75 Å². The third-order valence-electron chi connectivity index (χ3n) is 1.96. The minimum absolute atomic E-state index is 0. The van der Waals surface area contributed by atoms with E-state index in [1.54, 1.807) is 0 Å². The van der Waals surface area contributed by atoms with Gasteiger partial charge in [0.05, 0.1) is 4.47 Å². The van der Waals surface area contributed by atoms with Crippen LogP contribution < -0.4 is 0 Å². The largest absolute Gasteiger partial charge is 0.506 e. The number of halogens is 1. The predicted molar refractivity (Wildman–Crippen MR) is 60.4 cm³/mol. The minimum atomic E-state index is 0. The van der Waals surface area contributed by atoms with Crippen LogP contribution in [-0.2, 0) is 0 Å². The number of phenols is 1. The fraction of sp³-hybridized carbons (Fsp3) is 0.400. The van der Waals surface area contributed by atoms with Crippen LogP contribution in [0.4, 0.5) is 0 Å². The molecule has 1 nitrogen and oxygen atoms in total. The van der Waals surface area contributed by atoms with Gasteiger partial charge in [-0.1, -0.05) is 26.0 Å². The monoisotopic (exact) mass is 268 g/mol. The molecule has 0 aliphatic carbocycles. The number of hydrogen-bond acceptors (Lipinski definition) is 1. The van der Waals surface area contributed by atoms with Crippen LogP contribution in [0.1, 0.15) is 30.9 Å². The summed E-state index contributed by atoms with van der Waals surface area (Å²) >= 11 is 3.35. The Morgan fingerprint density at radius 2 is 1.85 bits per heavy atom. The Bertz CT molecular complexity index is 297. The molecule has 2 radical (unpaired) electrons. The average molecular weight is 269 g/mol. The van der Waals surface area contributed by atoms with Crippen LogP contribution in [0.25, 0.3) is 0 Å². The third kappa shape index (κ3) is 3.12. The van der Waals surface area contributed by atoms with Crippen molar-refractivity contribution in [1.29, 1.82) is 0 Å². The second-order valence-corrected chi connectivity index (χ2v) is 4.08. The molecule has 0 unspecified atom stereocenters. The maximum atomic E-state index is 9.70. The van der Waals surface area contributed by atoms with Gasteiger partial charge in [-0.25, -0.2) is 0 Å². The molecule has 0 amide bonds. The summed E-state index contributed by atoms with van der Waals surface area (Å²) in [4.78, 5) is 0. The summed E-state index contributed by atoms with van der Waals surface area (Å²) in [6, 6.07) is 3.99. The molecule has 1 N–H and O–H groups in total. The standard InChI is InChI=1S/C10H13BrO.Ca/c1-6(2)8-5-4-7(3)9(11)10(8)12;/h4-6,12H,1-3H3;. The second-order valence-electron chi connectivity index (χ2n) is 3.29. The van der Waals surface area contributed by atoms with Gasteiger partial charge in [0.25, 0.3) is 0 Å². The van der Waals surface area contributed by atoms with Gasteiger partial charge >= 0.3 is 0 Å². The van der Waals surface area contributed by atoms with Gasteiger partial charge in [-0.3, -0.25) is 0 Å². The number of aryl methyl sites for hydroxylation is 1. The van der Waals surface area contributed by atoms with Crippen LogP contribution in [0, 0.1) is 6.92 Å². The minimum Gasteiger partial charge on any atom is -0.506 e. The molecule has 0 spiro atoms. The van der Waals surface area contributed by atoms with Crippen molar-refractivity contribution in [2.75, 3.05) is 0 Å². The molecule has 1 aromatic carbocycles. The second kappa shape index (κ2) is 5.59. The van der Waals surface area contributed by atoms with E-state index in [0.29, 0.717) is 11.7 Å². The zero-order valence-corrected chi connectivity index (χ0v) is 12.1. The summed E-state index contributed by atoms with van der Waals surface area (Å²) in [7, 11) is 0.